The molecule has 3 N–H and O–H groups in total. The molecule has 0 bridgehead atoms. The van der Waals surface area contributed by atoms with Crippen LogP contribution >= 0.6 is 11.3 Å². The quantitative estimate of drug-likeness (QED) is 0.595. The van der Waals surface area contributed by atoms with E-state index < -0.39 is 0 Å². The van der Waals surface area contributed by atoms with E-state index in [0.717, 1.165) is 22.3 Å². The van der Waals surface area contributed by atoms with E-state index in [4.69, 9.17) is 0 Å². The minimum Gasteiger partial charge on any atom is -0.328 e. The van der Waals surface area contributed by atoms with Crippen LogP contribution in [0.5, 0.6) is 0 Å². The van der Waals surface area contributed by atoms with Crippen LogP contribution in [0.1, 0.15) is 21.7 Å². The van der Waals surface area contributed by atoms with Gasteiger partial charge < -0.3 is 20.5 Å². The predicted molar refractivity (Wildman–Crippen MR) is 113 cm³/mol. The molecule has 0 spiro atoms. The number of pyridine rings is 1. The Bertz CT molecular complexity index is 1080. The van der Waals surface area contributed by atoms with E-state index >= 15 is 0 Å². The minimum atomic E-state index is -0.297. The summed E-state index contributed by atoms with van der Waals surface area (Å²) in [6, 6.07) is 8.82. The smallest absolute Gasteiger partial charge is 0.265 e. The Kier molecular flexibility index (Phi) is 5.91. The van der Waals surface area contributed by atoms with Gasteiger partial charge in [0.05, 0.1) is 4.88 Å². The summed E-state index contributed by atoms with van der Waals surface area (Å²) >= 11 is 1.15. The first-order chi connectivity index (χ1) is 13.3. The van der Waals surface area contributed by atoms with Crippen LogP contribution in [0, 0.1) is 6.92 Å². The van der Waals surface area contributed by atoms with Crippen molar-refractivity contribution in [1.82, 2.24) is 9.88 Å². The molecule has 0 saturated heterocycles. The second kappa shape index (κ2) is 8.37. The van der Waals surface area contributed by atoms with E-state index in [1.165, 1.54) is 0 Å². The van der Waals surface area contributed by atoms with E-state index in [1.54, 1.807) is 30.5 Å². The number of nitrogens with one attached hydrogen (secondary N) is 3. The molecule has 0 saturated carbocycles. The predicted octanol–water partition coefficient (Wildman–Crippen LogP) is 3.04. The van der Waals surface area contributed by atoms with Gasteiger partial charge in [0.25, 0.3) is 11.5 Å². The van der Waals surface area contributed by atoms with Gasteiger partial charge in [0.2, 0.25) is 5.91 Å². The van der Waals surface area contributed by atoms with Crippen molar-refractivity contribution in [1.29, 1.82) is 0 Å². The van der Waals surface area contributed by atoms with Crippen LogP contribution in [0.4, 0.5) is 11.4 Å². The summed E-state index contributed by atoms with van der Waals surface area (Å²) in [6.45, 7) is 2.55. The molecule has 3 rings (SSSR count). The lowest BCUT2D eigenvalue weighted by Gasteiger charge is -2.13. The maximum absolute atomic E-state index is 12.6. The minimum absolute atomic E-state index is 0.0796. The summed E-state index contributed by atoms with van der Waals surface area (Å²) in [7, 11) is 3.83. The largest absolute Gasteiger partial charge is 0.328 e. The van der Waals surface area contributed by atoms with Crippen LogP contribution in [-0.2, 0) is 4.79 Å². The molecular formula is C20H22N4O3S. The molecule has 1 aromatic carbocycles. The highest BCUT2D eigenvalue weighted by atomic mass is 32.1. The Balaban J connectivity index is 1.74. The van der Waals surface area contributed by atoms with Crippen LogP contribution in [0.25, 0.3) is 10.1 Å². The van der Waals surface area contributed by atoms with Crippen molar-refractivity contribution >= 4 is 44.6 Å². The van der Waals surface area contributed by atoms with Crippen LogP contribution < -0.4 is 16.2 Å². The van der Waals surface area contributed by atoms with Gasteiger partial charge in [-0.25, -0.2) is 0 Å². The molecule has 0 aliphatic heterocycles. The standard InChI is InChI=1S/C20H22N4O3S/c1-12-4-5-14(11-15(12)23-17(25)7-9-24(2)3)22-19(26)16-10-13-6-8-21-20(27)18(13)28-16/h4-6,8,10-11H,7,9H2,1-3H3,(H,21,27)(H,22,26)(H,23,25). The normalized spacial score (nSPS) is 11.0. The zero-order valence-corrected chi connectivity index (χ0v) is 16.8. The topological polar surface area (TPSA) is 94.3 Å². The number of amides is 2. The number of fused-ring (bicyclic) bond motifs is 1. The maximum Gasteiger partial charge on any atom is 0.265 e. The van der Waals surface area contributed by atoms with Gasteiger partial charge in [-0.1, -0.05) is 6.07 Å². The third-order valence-electron chi connectivity index (χ3n) is 4.22. The third-order valence-corrected chi connectivity index (χ3v) is 5.37. The van der Waals surface area contributed by atoms with Gasteiger partial charge in [0, 0.05) is 35.9 Å². The van der Waals surface area contributed by atoms with Gasteiger partial charge in [0.15, 0.2) is 0 Å². The number of anilines is 2. The van der Waals surface area contributed by atoms with Gasteiger partial charge >= 0.3 is 0 Å². The van der Waals surface area contributed by atoms with Crippen LogP contribution in [0.15, 0.2) is 41.3 Å². The lowest BCUT2D eigenvalue weighted by molar-refractivity contribution is -0.116. The molecule has 146 valence electrons. The summed E-state index contributed by atoms with van der Waals surface area (Å²) < 4.78 is 0.519. The number of aromatic nitrogens is 1. The Morgan fingerprint density at radius 2 is 1.93 bits per heavy atom. The number of carbonyl (C=O) groups is 2. The SMILES string of the molecule is Cc1ccc(NC(=O)c2cc3cc[nH]c(=O)c3s2)cc1NC(=O)CCN(C)C. The zero-order valence-electron chi connectivity index (χ0n) is 16.0. The van der Waals surface area contributed by atoms with Crippen molar-refractivity contribution in [2.75, 3.05) is 31.3 Å². The fraction of sp³-hybridized carbons (Fsp3) is 0.250. The number of nitrogens with zero attached hydrogens (tertiary/aromatic N) is 1. The van der Waals surface area contributed by atoms with Crippen LogP contribution in [0.2, 0.25) is 0 Å². The molecule has 0 aliphatic carbocycles. The van der Waals surface area contributed by atoms with Gasteiger partial charge in [-0.3, -0.25) is 14.4 Å². The number of hydrogen-bond acceptors (Lipinski definition) is 5. The van der Waals surface area contributed by atoms with Gasteiger partial charge in [-0.05, 0) is 50.8 Å². The van der Waals surface area contributed by atoms with E-state index in [0.29, 0.717) is 33.9 Å². The molecule has 28 heavy (non-hydrogen) atoms. The van der Waals surface area contributed by atoms with Crippen molar-refractivity contribution in [2.45, 2.75) is 13.3 Å². The van der Waals surface area contributed by atoms with Gasteiger partial charge in [-0.2, -0.15) is 0 Å². The summed E-state index contributed by atoms with van der Waals surface area (Å²) in [6.07, 6.45) is 1.95. The third kappa shape index (κ3) is 4.65. The number of carbonyl (C=O) groups excluding carboxylic acids is 2. The van der Waals surface area contributed by atoms with E-state index in [2.05, 4.69) is 15.6 Å². The van der Waals surface area contributed by atoms with Crippen LogP contribution in [-0.4, -0.2) is 42.3 Å². The lowest BCUT2D eigenvalue weighted by Crippen LogP contribution is -2.21. The number of aryl methyl sites for hydroxylation is 1. The molecule has 0 atom stereocenters. The Morgan fingerprint density at radius 1 is 1.14 bits per heavy atom. The lowest BCUT2D eigenvalue weighted by atomic mass is 10.1. The monoisotopic (exact) mass is 398 g/mol. The highest BCUT2D eigenvalue weighted by Crippen LogP contribution is 2.25. The first-order valence-corrected chi connectivity index (χ1v) is 9.63. The second-order valence-electron chi connectivity index (χ2n) is 6.79. The number of rotatable bonds is 6. The highest BCUT2D eigenvalue weighted by molar-refractivity contribution is 7.20. The first kappa shape index (κ1) is 19.8. The number of benzene rings is 1. The number of hydrogen-bond donors (Lipinski definition) is 3. The Hall–Kier alpha value is -2.97. The molecule has 0 unspecified atom stereocenters. The molecule has 7 nitrogen and oxygen atoms in total. The van der Waals surface area contributed by atoms with E-state index in [-0.39, 0.29) is 17.4 Å². The number of thiophene rings is 1. The van der Waals surface area contributed by atoms with Crippen molar-refractivity contribution in [2.24, 2.45) is 0 Å². The van der Waals surface area contributed by atoms with Gasteiger partial charge in [0.1, 0.15) is 4.70 Å². The molecule has 0 aliphatic rings. The molecule has 3 aromatic rings. The number of H-pyrrole nitrogens is 1. The molecule has 8 heteroatoms. The van der Waals surface area contributed by atoms with Crippen molar-refractivity contribution in [3.8, 4) is 0 Å². The molecular weight excluding hydrogens is 376 g/mol. The summed E-state index contributed by atoms with van der Waals surface area (Å²) in [5, 5.41) is 6.45. The van der Waals surface area contributed by atoms with E-state index in [9.17, 15) is 14.4 Å². The van der Waals surface area contributed by atoms with Gasteiger partial charge in [-0.15, -0.1) is 11.3 Å². The maximum atomic E-state index is 12.6. The molecule has 0 fully saturated rings. The zero-order chi connectivity index (χ0) is 20.3. The molecule has 2 amide bonds. The second-order valence-corrected chi connectivity index (χ2v) is 7.84. The average Bonchev–Trinajstić information content (AvgIpc) is 3.09. The average molecular weight is 398 g/mol. The Labute approximate surface area is 166 Å². The summed E-state index contributed by atoms with van der Waals surface area (Å²) in [5.74, 6) is -0.377. The van der Waals surface area contributed by atoms with Crippen molar-refractivity contribution in [3.05, 3.63) is 57.3 Å². The number of aromatic amines is 1. The van der Waals surface area contributed by atoms with Crippen molar-refractivity contribution in [3.63, 3.8) is 0 Å². The van der Waals surface area contributed by atoms with Crippen molar-refractivity contribution < 1.29 is 9.59 Å². The summed E-state index contributed by atoms with van der Waals surface area (Å²) in [5.41, 5.74) is 1.93. The Morgan fingerprint density at radius 3 is 2.64 bits per heavy atom. The summed E-state index contributed by atoms with van der Waals surface area (Å²) in [4.78, 5) is 41.5. The fourth-order valence-corrected chi connectivity index (χ4v) is 3.60. The van der Waals surface area contributed by atoms with Crippen LogP contribution in [0.3, 0.4) is 0 Å². The van der Waals surface area contributed by atoms with E-state index in [1.807, 2.05) is 32.0 Å². The fourth-order valence-electron chi connectivity index (χ4n) is 2.66. The molecule has 2 heterocycles. The molecule has 0 radical (unpaired) electrons. The highest BCUT2D eigenvalue weighted by Gasteiger charge is 2.13. The first-order valence-electron chi connectivity index (χ1n) is 8.81. The molecule has 2 aromatic heterocycles.